The second-order valence-electron chi connectivity index (χ2n) is 6.24. The largest absolute Gasteiger partial charge is 0.465 e. The van der Waals surface area contributed by atoms with Gasteiger partial charge in [0.15, 0.2) is 6.61 Å². The molecule has 0 radical (unpaired) electrons. The predicted molar refractivity (Wildman–Crippen MR) is 108 cm³/mol. The van der Waals surface area contributed by atoms with Crippen LogP contribution in [0.4, 0.5) is 0 Å². The van der Waals surface area contributed by atoms with Gasteiger partial charge in [-0.3, -0.25) is 9.59 Å². The molecule has 0 aliphatic rings. The van der Waals surface area contributed by atoms with E-state index in [1.165, 1.54) is 7.11 Å². The Kier molecular flexibility index (Phi) is 6.51. The quantitative estimate of drug-likeness (QED) is 0.601. The van der Waals surface area contributed by atoms with Crippen molar-refractivity contribution in [3.63, 3.8) is 0 Å². The minimum absolute atomic E-state index is 0.137. The van der Waals surface area contributed by atoms with Crippen molar-refractivity contribution >= 4 is 40.3 Å². The molecular formula is C21H19ClN2O5. The van der Waals surface area contributed by atoms with Crippen LogP contribution in [0.25, 0.3) is 10.9 Å². The number of methoxy groups -OCH3 is 1. The Hall–Kier alpha value is -3.32. The molecule has 0 aliphatic carbocycles. The molecule has 2 aromatic carbocycles. The maximum Gasteiger partial charge on any atom is 0.340 e. The van der Waals surface area contributed by atoms with Crippen molar-refractivity contribution in [1.82, 2.24) is 9.88 Å². The highest BCUT2D eigenvalue weighted by Crippen LogP contribution is 2.22. The fourth-order valence-electron chi connectivity index (χ4n) is 2.83. The Morgan fingerprint density at radius 3 is 2.52 bits per heavy atom. The molecule has 0 unspecified atom stereocenters. The first-order valence-electron chi connectivity index (χ1n) is 8.81. The minimum Gasteiger partial charge on any atom is -0.465 e. The maximum absolute atomic E-state index is 12.2. The highest BCUT2D eigenvalue weighted by molar-refractivity contribution is 6.30. The number of nitrogens with one attached hydrogen (secondary N) is 1. The van der Waals surface area contributed by atoms with Gasteiger partial charge in [0, 0.05) is 28.7 Å². The van der Waals surface area contributed by atoms with Crippen molar-refractivity contribution in [2.45, 2.75) is 13.1 Å². The summed E-state index contributed by atoms with van der Waals surface area (Å²) in [5.41, 5.74) is 1.93. The van der Waals surface area contributed by atoms with Gasteiger partial charge < -0.3 is 19.4 Å². The van der Waals surface area contributed by atoms with Crippen LogP contribution in [0, 0.1) is 0 Å². The summed E-state index contributed by atoms with van der Waals surface area (Å²) in [6.45, 7) is -0.226. The van der Waals surface area contributed by atoms with E-state index in [-0.39, 0.29) is 6.54 Å². The molecule has 0 atom stereocenters. The van der Waals surface area contributed by atoms with Crippen molar-refractivity contribution < 1.29 is 23.9 Å². The summed E-state index contributed by atoms with van der Waals surface area (Å²) in [5, 5.41) is 3.95. The van der Waals surface area contributed by atoms with Crippen LogP contribution >= 0.6 is 11.6 Å². The topological polar surface area (TPSA) is 86.6 Å². The van der Waals surface area contributed by atoms with Gasteiger partial charge in [-0.15, -0.1) is 0 Å². The normalized spacial score (nSPS) is 10.6. The van der Waals surface area contributed by atoms with E-state index in [9.17, 15) is 14.4 Å². The molecule has 8 heteroatoms. The zero-order valence-electron chi connectivity index (χ0n) is 15.7. The predicted octanol–water partition coefficient (Wildman–Crippen LogP) is 2.94. The molecule has 0 fully saturated rings. The molecular weight excluding hydrogens is 396 g/mol. The van der Waals surface area contributed by atoms with Crippen LogP contribution in [0.15, 0.2) is 54.7 Å². The van der Waals surface area contributed by atoms with Crippen LogP contribution in [-0.4, -0.2) is 36.1 Å². The van der Waals surface area contributed by atoms with E-state index >= 15 is 0 Å². The highest BCUT2D eigenvalue weighted by atomic mass is 35.5. The summed E-state index contributed by atoms with van der Waals surface area (Å²) in [4.78, 5) is 36.0. The Morgan fingerprint density at radius 2 is 1.79 bits per heavy atom. The second kappa shape index (κ2) is 9.25. The molecule has 3 rings (SSSR count). The number of carbonyl (C=O) groups excluding carboxylic acids is 3. The van der Waals surface area contributed by atoms with Crippen LogP contribution in [-0.2, 0) is 32.2 Å². The summed E-state index contributed by atoms with van der Waals surface area (Å²) < 4.78 is 11.4. The van der Waals surface area contributed by atoms with E-state index in [0.29, 0.717) is 28.0 Å². The Balaban J connectivity index is 1.56. The molecule has 0 bridgehead atoms. The average molecular weight is 415 g/mol. The number of hydrogen-bond acceptors (Lipinski definition) is 5. The van der Waals surface area contributed by atoms with Crippen LogP contribution < -0.4 is 5.32 Å². The molecule has 1 aromatic heterocycles. The lowest BCUT2D eigenvalue weighted by Gasteiger charge is -2.08. The third-order valence-corrected chi connectivity index (χ3v) is 4.51. The number of nitrogens with zero attached hydrogens (tertiary/aromatic N) is 1. The fraction of sp³-hybridized carbons (Fsp3) is 0.190. The number of aromatic nitrogens is 1. The Labute approximate surface area is 172 Å². The van der Waals surface area contributed by atoms with E-state index in [1.54, 1.807) is 59.3 Å². The van der Waals surface area contributed by atoms with Gasteiger partial charge in [0.25, 0.3) is 5.91 Å². The molecule has 7 nitrogen and oxygen atoms in total. The summed E-state index contributed by atoms with van der Waals surface area (Å²) >= 11 is 5.82. The van der Waals surface area contributed by atoms with Gasteiger partial charge in [-0.25, -0.2) is 4.79 Å². The van der Waals surface area contributed by atoms with Gasteiger partial charge in [-0.1, -0.05) is 41.9 Å². The van der Waals surface area contributed by atoms with Crippen LogP contribution in [0.5, 0.6) is 0 Å². The van der Waals surface area contributed by atoms with Crippen LogP contribution in [0.1, 0.15) is 15.9 Å². The fourth-order valence-corrected chi connectivity index (χ4v) is 2.96. The van der Waals surface area contributed by atoms with Gasteiger partial charge in [0.1, 0.15) is 6.54 Å². The van der Waals surface area contributed by atoms with Gasteiger partial charge in [-0.2, -0.15) is 0 Å². The van der Waals surface area contributed by atoms with Gasteiger partial charge in [0.2, 0.25) is 0 Å². The molecule has 1 N–H and O–H groups in total. The first-order chi connectivity index (χ1) is 14.0. The second-order valence-corrected chi connectivity index (χ2v) is 6.68. The van der Waals surface area contributed by atoms with Crippen molar-refractivity contribution in [2.75, 3.05) is 13.7 Å². The smallest absolute Gasteiger partial charge is 0.340 e. The monoisotopic (exact) mass is 414 g/mol. The number of para-hydroxylation sites is 1. The Bertz CT molecular complexity index is 1040. The molecule has 1 heterocycles. The van der Waals surface area contributed by atoms with Gasteiger partial charge >= 0.3 is 11.9 Å². The number of benzene rings is 2. The lowest BCUT2D eigenvalue weighted by Crippen LogP contribution is -2.29. The zero-order chi connectivity index (χ0) is 20.8. The van der Waals surface area contributed by atoms with E-state index in [0.717, 1.165) is 5.56 Å². The minimum atomic E-state index is -0.594. The number of hydrogen-bond donors (Lipinski definition) is 1. The first-order valence-corrected chi connectivity index (χ1v) is 9.18. The Morgan fingerprint density at radius 1 is 1.07 bits per heavy atom. The van der Waals surface area contributed by atoms with Crippen molar-refractivity contribution in [3.05, 3.63) is 70.9 Å². The number of ether oxygens (including phenoxy) is 2. The van der Waals surface area contributed by atoms with E-state index in [2.05, 4.69) is 5.32 Å². The first kappa shape index (κ1) is 20.4. The molecule has 29 heavy (non-hydrogen) atoms. The molecule has 0 spiro atoms. The van der Waals surface area contributed by atoms with E-state index < -0.39 is 24.5 Å². The van der Waals surface area contributed by atoms with Crippen molar-refractivity contribution in [1.29, 1.82) is 0 Å². The summed E-state index contributed by atoms with van der Waals surface area (Å²) in [5.74, 6) is -1.50. The number of rotatable bonds is 7. The number of esters is 2. The summed E-state index contributed by atoms with van der Waals surface area (Å²) in [6.07, 6.45) is 1.54. The van der Waals surface area contributed by atoms with Crippen molar-refractivity contribution in [3.8, 4) is 0 Å². The summed E-state index contributed by atoms with van der Waals surface area (Å²) in [6, 6.07) is 14.2. The standard InChI is InChI=1S/C21H19ClN2O5/c1-28-21(27)17-11-24(18-5-3-2-4-16(17)18)12-20(26)29-13-19(25)23-10-14-6-8-15(22)9-7-14/h2-9,11H,10,12-13H2,1H3,(H,23,25). The number of carbonyl (C=O) groups is 3. The third-order valence-electron chi connectivity index (χ3n) is 4.26. The number of amides is 1. The molecule has 0 saturated carbocycles. The van der Waals surface area contributed by atoms with Crippen molar-refractivity contribution in [2.24, 2.45) is 0 Å². The van der Waals surface area contributed by atoms with Gasteiger partial charge in [0.05, 0.1) is 12.7 Å². The van der Waals surface area contributed by atoms with Gasteiger partial charge in [-0.05, 0) is 23.8 Å². The molecule has 0 saturated heterocycles. The molecule has 0 aliphatic heterocycles. The van der Waals surface area contributed by atoms with Crippen LogP contribution in [0.2, 0.25) is 5.02 Å². The number of fused-ring (bicyclic) bond motifs is 1. The molecule has 3 aromatic rings. The SMILES string of the molecule is COC(=O)c1cn(CC(=O)OCC(=O)NCc2ccc(Cl)cc2)c2ccccc12. The lowest BCUT2D eigenvalue weighted by molar-refractivity contribution is -0.149. The maximum atomic E-state index is 12.2. The van der Waals surface area contributed by atoms with Crippen LogP contribution in [0.3, 0.4) is 0 Å². The highest BCUT2D eigenvalue weighted by Gasteiger charge is 2.17. The number of halogens is 1. The molecule has 1 amide bonds. The average Bonchev–Trinajstić information content (AvgIpc) is 3.10. The van der Waals surface area contributed by atoms with E-state index in [1.807, 2.05) is 0 Å². The van der Waals surface area contributed by atoms with E-state index in [4.69, 9.17) is 21.1 Å². The molecule has 150 valence electrons. The third kappa shape index (κ3) is 5.14. The lowest BCUT2D eigenvalue weighted by atomic mass is 10.2. The summed E-state index contributed by atoms with van der Waals surface area (Å²) in [7, 11) is 1.30. The zero-order valence-corrected chi connectivity index (χ0v) is 16.4.